The molecule has 1 aliphatic rings. The van der Waals surface area contributed by atoms with E-state index in [9.17, 15) is 14.0 Å². The fourth-order valence-electron chi connectivity index (χ4n) is 3.23. The van der Waals surface area contributed by atoms with E-state index in [2.05, 4.69) is 5.32 Å². The Kier molecular flexibility index (Phi) is 6.00. The van der Waals surface area contributed by atoms with Crippen molar-refractivity contribution in [3.63, 3.8) is 0 Å². The molecule has 2 aromatic rings. The number of nitrogens with zero attached hydrogens (tertiary/aromatic N) is 1. The molecule has 136 valence electrons. The predicted octanol–water partition coefficient (Wildman–Crippen LogP) is 3.18. The lowest BCUT2D eigenvalue weighted by atomic mass is 10.0. The zero-order valence-electron chi connectivity index (χ0n) is 14.7. The van der Waals surface area contributed by atoms with Gasteiger partial charge in [-0.3, -0.25) is 9.59 Å². The minimum absolute atomic E-state index is 0.0518. The molecule has 0 radical (unpaired) electrons. The number of carbonyl (C=O) groups excluding carboxylic acids is 2. The van der Waals surface area contributed by atoms with E-state index >= 15 is 0 Å². The van der Waals surface area contributed by atoms with E-state index in [-0.39, 0.29) is 11.8 Å². The van der Waals surface area contributed by atoms with Crippen LogP contribution in [0.3, 0.4) is 0 Å². The van der Waals surface area contributed by atoms with Crippen LogP contribution < -0.4 is 5.32 Å². The minimum Gasteiger partial charge on any atom is -0.341 e. The smallest absolute Gasteiger partial charge is 0.251 e. The molecule has 0 spiro atoms. The van der Waals surface area contributed by atoms with Gasteiger partial charge in [-0.25, -0.2) is 4.39 Å². The number of carbonyl (C=O) groups is 2. The molecule has 1 N–H and O–H groups in total. The average molecular weight is 354 g/mol. The van der Waals surface area contributed by atoms with E-state index in [4.69, 9.17) is 0 Å². The van der Waals surface area contributed by atoms with Crippen molar-refractivity contribution in [1.82, 2.24) is 10.2 Å². The molecule has 1 atom stereocenters. The second-order valence-corrected chi connectivity index (χ2v) is 6.61. The van der Waals surface area contributed by atoms with Crippen LogP contribution in [0.2, 0.25) is 0 Å². The average Bonchev–Trinajstić information content (AvgIpc) is 2.69. The number of benzene rings is 2. The third-order valence-corrected chi connectivity index (χ3v) is 4.66. The molecule has 0 saturated carbocycles. The Morgan fingerprint density at radius 2 is 1.62 bits per heavy atom. The molecule has 0 bridgehead atoms. The van der Waals surface area contributed by atoms with Gasteiger partial charge in [0.1, 0.15) is 11.9 Å². The Balaban J connectivity index is 1.76. The zero-order valence-corrected chi connectivity index (χ0v) is 14.7. The molecular weight excluding hydrogens is 331 g/mol. The van der Waals surface area contributed by atoms with Gasteiger partial charge in [-0.1, -0.05) is 30.3 Å². The summed E-state index contributed by atoms with van der Waals surface area (Å²) in [5.74, 6) is -0.813. The first-order valence-corrected chi connectivity index (χ1v) is 9.02. The Hall–Kier alpha value is -2.69. The summed E-state index contributed by atoms with van der Waals surface area (Å²) in [6, 6.07) is 14.3. The van der Waals surface area contributed by atoms with Crippen LogP contribution in [0.4, 0.5) is 4.39 Å². The zero-order chi connectivity index (χ0) is 18.4. The Labute approximate surface area is 153 Å². The third-order valence-electron chi connectivity index (χ3n) is 4.66. The summed E-state index contributed by atoms with van der Waals surface area (Å²) in [7, 11) is 0. The van der Waals surface area contributed by atoms with E-state index < -0.39 is 11.9 Å². The largest absolute Gasteiger partial charge is 0.341 e. The Morgan fingerprint density at radius 1 is 0.962 bits per heavy atom. The number of halogens is 1. The summed E-state index contributed by atoms with van der Waals surface area (Å²) < 4.78 is 13.1. The normalized spacial score (nSPS) is 15.3. The van der Waals surface area contributed by atoms with Gasteiger partial charge in [-0.15, -0.1) is 0 Å². The highest BCUT2D eigenvalue weighted by Crippen LogP contribution is 2.13. The first-order chi connectivity index (χ1) is 12.6. The Bertz CT molecular complexity index is 740. The maximum atomic E-state index is 13.1. The van der Waals surface area contributed by atoms with Crippen LogP contribution in [0.5, 0.6) is 0 Å². The highest BCUT2D eigenvalue weighted by atomic mass is 19.1. The van der Waals surface area contributed by atoms with Gasteiger partial charge in [0.2, 0.25) is 5.91 Å². The number of piperidine rings is 1. The summed E-state index contributed by atoms with van der Waals surface area (Å²) in [4.78, 5) is 27.3. The van der Waals surface area contributed by atoms with Crippen molar-refractivity contribution < 1.29 is 14.0 Å². The molecule has 0 aliphatic carbocycles. The van der Waals surface area contributed by atoms with E-state index in [1.54, 1.807) is 0 Å². The molecule has 3 rings (SSSR count). The molecule has 2 aromatic carbocycles. The fourth-order valence-corrected chi connectivity index (χ4v) is 3.23. The number of rotatable bonds is 5. The van der Waals surface area contributed by atoms with Gasteiger partial charge in [0.15, 0.2) is 0 Å². The van der Waals surface area contributed by atoms with Crippen LogP contribution in [0.15, 0.2) is 54.6 Å². The van der Waals surface area contributed by atoms with Gasteiger partial charge in [0.05, 0.1) is 0 Å². The van der Waals surface area contributed by atoms with Gasteiger partial charge in [-0.2, -0.15) is 0 Å². The van der Waals surface area contributed by atoms with E-state index in [0.717, 1.165) is 37.9 Å². The quantitative estimate of drug-likeness (QED) is 0.897. The lowest BCUT2D eigenvalue weighted by Crippen LogP contribution is -2.51. The number of hydrogen-bond acceptors (Lipinski definition) is 2. The van der Waals surface area contributed by atoms with Crippen molar-refractivity contribution in [2.75, 3.05) is 13.1 Å². The first kappa shape index (κ1) is 18.1. The van der Waals surface area contributed by atoms with Crippen molar-refractivity contribution in [2.45, 2.75) is 31.7 Å². The van der Waals surface area contributed by atoms with Crippen molar-refractivity contribution in [2.24, 2.45) is 0 Å². The van der Waals surface area contributed by atoms with Crippen molar-refractivity contribution >= 4 is 11.8 Å². The van der Waals surface area contributed by atoms with Crippen LogP contribution in [-0.2, 0) is 11.2 Å². The summed E-state index contributed by atoms with van der Waals surface area (Å²) >= 11 is 0. The van der Waals surface area contributed by atoms with Crippen LogP contribution in [0.25, 0.3) is 0 Å². The summed E-state index contributed by atoms with van der Waals surface area (Å²) in [5, 5.41) is 2.85. The van der Waals surface area contributed by atoms with Gasteiger partial charge < -0.3 is 10.2 Å². The predicted molar refractivity (Wildman–Crippen MR) is 98.2 cm³/mol. The van der Waals surface area contributed by atoms with Crippen LogP contribution in [0, 0.1) is 5.82 Å². The van der Waals surface area contributed by atoms with Gasteiger partial charge in [-0.05, 0) is 49.1 Å². The summed E-state index contributed by atoms with van der Waals surface area (Å²) in [5.41, 5.74) is 1.33. The maximum Gasteiger partial charge on any atom is 0.251 e. The molecule has 0 unspecified atom stereocenters. The van der Waals surface area contributed by atoms with Crippen LogP contribution in [-0.4, -0.2) is 35.8 Å². The second kappa shape index (κ2) is 8.61. The van der Waals surface area contributed by atoms with Crippen LogP contribution >= 0.6 is 0 Å². The van der Waals surface area contributed by atoms with E-state index in [1.807, 2.05) is 35.2 Å². The molecule has 0 aromatic heterocycles. The Morgan fingerprint density at radius 3 is 2.27 bits per heavy atom. The summed E-state index contributed by atoms with van der Waals surface area (Å²) in [6.45, 7) is 1.47. The monoisotopic (exact) mass is 354 g/mol. The van der Waals surface area contributed by atoms with Gasteiger partial charge in [0, 0.05) is 25.1 Å². The van der Waals surface area contributed by atoms with Gasteiger partial charge >= 0.3 is 0 Å². The maximum absolute atomic E-state index is 13.1. The molecule has 1 fully saturated rings. The number of nitrogens with one attached hydrogen (secondary N) is 1. The number of hydrogen-bond donors (Lipinski definition) is 1. The van der Waals surface area contributed by atoms with Crippen LogP contribution in [0.1, 0.15) is 35.2 Å². The summed E-state index contributed by atoms with van der Waals surface area (Å²) in [6.07, 6.45) is 3.56. The number of amides is 2. The van der Waals surface area contributed by atoms with Crippen molar-refractivity contribution in [3.8, 4) is 0 Å². The van der Waals surface area contributed by atoms with E-state index in [1.165, 1.54) is 24.3 Å². The first-order valence-electron chi connectivity index (χ1n) is 9.02. The lowest BCUT2D eigenvalue weighted by molar-refractivity contribution is -0.134. The topological polar surface area (TPSA) is 49.4 Å². The standard InChI is InChI=1S/C21H23FN2O2/c22-18-11-9-17(10-12-18)20(25)23-19(15-16-7-3-1-4-8-16)21(26)24-13-5-2-6-14-24/h1,3-4,7-12,19H,2,5-6,13-15H2,(H,23,25)/t19-/m0/s1. The molecule has 4 nitrogen and oxygen atoms in total. The molecule has 1 heterocycles. The van der Waals surface area contributed by atoms with Crippen molar-refractivity contribution in [1.29, 1.82) is 0 Å². The van der Waals surface area contributed by atoms with Crippen molar-refractivity contribution in [3.05, 3.63) is 71.5 Å². The van der Waals surface area contributed by atoms with E-state index in [0.29, 0.717) is 12.0 Å². The van der Waals surface area contributed by atoms with Gasteiger partial charge in [0.25, 0.3) is 5.91 Å². The highest BCUT2D eigenvalue weighted by molar-refractivity contribution is 5.97. The second-order valence-electron chi connectivity index (χ2n) is 6.61. The number of likely N-dealkylation sites (tertiary alicyclic amines) is 1. The molecule has 1 saturated heterocycles. The lowest BCUT2D eigenvalue weighted by Gasteiger charge is -2.31. The highest BCUT2D eigenvalue weighted by Gasteiger charge is 2.27. The molecular formula is C21H23FN2O2. The third kappa shape index (κ3) is 4.69. The molecule has 5 heteroatoms. The molecule has 1 aliphatic heterocycles. The fraction of sp³-hybridized carbons (Fsp3) is 0.333. The molecule has 2 amide bonds. The minimum atomic E-state index is -0.631. The SMILES string of the molecule is O=C(N[C@@H](Cc1ccccc1)C(=O)N1CCCCC1)c1ccc(F)cc1. The molecule has 26 heavy (non-hydrogen) atoms.